The molecule has 33 heavy (non-hydrogen) atoms. The predicted molar refractivity (Wildman–Crippen MR) is 121 cm³/mol. The summed E-state index contributed by atoms with van der Waals surface area (Å²) in [6, 6.07) is 16.0. The second kappa shape index (κ2) is 10.1. The Balaban J connectivity index is 1.57. The number of hydrogen-bond acceptors (Lipinski definition) is 5. The topological polar surface area (TPSA) is 38.5 Å². The van der Waals surface area contributed by atoms with Crippen molar-refractivity contribution in [1.29, 1.82) is 0 Å². The van der Waals surface area contributed by atoms with Crippen LogP contribution in [0.5, 0.6) is 5.75 Å². The molecule has 4 rings (SSSR count). The highest BCUT2D eigenvalue weighted by Crippen LogP contribution is 2.27. The normalized spacial score (nSPS) is 14.8. The minimum Gasteiger partial charge on any atom is -0.405 e. The van der Waals surface area contributed by atoms with Crippen LogP contribution >= 0.6 is 12.2 Å². The molecule has 3 aromatic rings. The molecule has 1 aliphatic rings. The number of ether oxygens (including phenoxy) is 1. The van der Waals surface area contributed by atoms with E-state index in [9.17, 15) is 13.2 Å². The largest absolute Gasteiger partial charge is 0.573 e. The summed E-state index contributed by atoms with van der Waals surface area (Å²) < 4.78 is 46.7. The second-order valence-corrected chi connectivity index (χ2v) is 8.53. The number of para-hydroxylation sites is 2. The predicted octanol–water partition coefficient (Wildman–Crippen LogP) is 4.99. The molecule has 1 saturated heterocycles. The van der Waals surface area contributed by atoms with Gasteiger partial charge in [-0.1, -0.05) is 36.4 Å². The molecule has 0 N–H and O–H groups in total. The summed E-state index contributed by atoms with van der Waals surface area (Å²) in [6.07, 6.45) is -2.39. The Labute approximate surface area is 195 Å². The summed E-state index contributed by atoms with van der Waals surface area (Å²) >= 11 is 5.76. The van der Waals surface area contributed by atoms with Crippen LogP contribution in [0.1, 0.15) is 24.2 Å². The van der Waals surface area contributed by atoms with E-state index in [1.54, 1.807) is 16.8 Å². The van der Waals surface area contributed by atoms with E-state index in [2.05, 4.69) is 9.64 Å². The summed E-state index contributed by atoms with van der Waals surface area (Å²) in [5.41, 5.74) is 1.37. The van der Waals surface area contributed by atoms with Crippen molar-refractivity contribution in [2.45, 2.75) is 39.0 Å². The van der Waals surface area contributed by atoms with Crippen LogP contribution in [0.2, 0.25) is 0 Å². The van der Waals surface area contributed by atoms with E-state index in [-0.39, 0.29) is 12.3 Å². The highest BCUT2D eigenvalue weighted by Gasteiger charge is 2.32. The quantitative estimate of drug-likeness (QED) is 0.428. The number of likely N-dealkylation sites (tertiary alicyclic amines) is 1. The van der Waals surface area contributed by atoms with Crippen molar-refractivity contribution in [3.05, 3.63) is 70.8 Å². The smallest absolute Gasteiger partial charge is 0.405 e. The first-order valence-corrected chi connectivity index (χ1v) is 11.2. The van der Waals surface area contributed by atoms with Gasteiger partial charge in [-0.25, -0.2) is 4.68 Å². The number of nitrogens with zero attached hydrogens (tertiary/aromatic N) is 5. The Kier molecular flexibility index (Phi) is 7.16. The molecular formula is C23H26F3N5OS. The van der Waals surface area contributed by atoms with Crippen LogP contribution in [0, 0.1) is 4.77 Å². The molecule has 10 heteroatoms. The molecule has 1 aliphatic heterocycles. The Morgan fingerprint density at radius 1 is 1.03 bits per heavy atom. The lowest BCUT2D eigenvalue weighted by atomic mass is 10.2. The number of aromatic nitrogens is 3. The first-order chi connectivity index (χ1) is 15.8. The monoisotopic (exact) mass is 477 g/mol. The van der Waals surface area contributed by atoms with Gasteiger partial charge in [0.2, 0.25) is 4.77 Å². The second-order valence-electron chi connectivity index (χ2n) is 8.16. The molecule has 0 bridgehead atoms. The first-order valence-electron chi connectivity index (χ1n) is 10.8. The first kappa shape index (κ1) is 23.5. The molecule has 1 aromatic heterocycles. The van der Waals surface area contributed by atoms with Gasteiger partial charge in [-0.05, 0) is 63.4 Å². The minimum absolute atomic E-state index is 0.204. The third-order valence-electron chi connectivity index (χ3n) is 5.50. The average Bonchev–Trinajstić information content (AvgIpc) is 3.37. The molecule has 0 saturated carbocycles. The third kappa shape index (κ3) is 6.01. The number of rotatable bonds is 8. The van der Waals surface area contributed by atoms with E-state index >= 15 is 0 Å². The van der Waals surface area contributed by atoms with E-state index in [4.69, 9.17) is 17.3 Å². The van der Waals surface area contributed by atoms with Gasteiger partial charge in [0.15, 0.2) is 5.82 Å². The molecule has 0 radical (unpaired) electrons. The van der Waals surface area contributed by atoms with Crippen LogP contribution in [-0.2, 0) is 19.8 Å². The van der Waals surface area contributed by atoms with Gasteiger partial charge in [-0.2, -0.15) is 5.10 Å². The van der Waals surface area contributed by atoms with Crippen molar-refractivity contribution in [1.82, 2.24) is 24.1 Å². The Bertz CT molecular complexity index is 1120. The van der Waals surface area contributed by atoms with E-state index in [1.165, 1.54) is 25.0 Å². The molecule has 0 unspecified atom stereocenters. The lowest BCUT2D eigenvalue weighted by molar-refractivity contribution is -0.275. The van der Waals surface area contributed by atoms with E-state index in [1.807, 2.05) is 46.8 Å². The molecular weight excluding hydrogens is 451 g/mol. The molecule has 176 valence electrons. The maximum atomic E-state index is 12.8. The maximum absolute atomic E-state index is 12.8. The molecule has 0 aliphatic carbocycles. The number of hydrogen-bond donors (Lipinski definition) is 0. The highest BCUT2D eigenvalue weighted by molar-refractivity contribution is 7.71. The molecule has 2 aromatic carbocycles. The van der Waals surface area contributed by atoms with Crippen molar-refractivity contribution >= 4 is 12.2 Å². The number of halogens is 3. The standard InChI is InChI=1S/C23H26F3N5OS/c1-28(15-18-9-5-6-12-20(18)32-23(24,25)26)17-30-22(33)31(19-10-3-2-4-11-19)21(27-30)16-29-13-7-8-14-29/h2-6,9-12H,7-8,13-17H2,1H3. The number of alkyl halides is 3. The molecule has 0 atom stereocenters. The van der Waals surface area contributed by atoms with E-state index in [0.717, 1.165) is 24.6 Å². The van der Waals surface area contributed by atoms with Gasteiger partial charge in [0.25, 0.3) is 0 Å². The highest BCUT2D eigenvalue weighted by atomic mass is 32.1. The Morgan fingerprint density at radius 3 is 2.39 bits per heavy atom. The van der Waals surface area contributed by atoms with Gasteiger partial charge < -0.3 is 4.74 Å². The zero-order valence-corrected chi connectivity index (χ0v) is 19.1. The minimum atomic E-state index is -4.74. The number of benzene rings is 2. The fraction of sp³-hybridized carbons (Fsp3) is 0.391. The van der Waals surface area contributed by atoms with Crippen LogP contribution in [0.15, 0.2) is 54.6 Å². The van der Waals surface area contributed by atoms with Crippen molar-refractivity contribution < 1.29 is 17.9 Å². The van der Waals surface area contributed by atoms with Crippen molar-refractivity contribution in [3.8, 4) is 11.4 Å². The SMILES string of the molecule is CN(Cc1ccccc1OC(F)(F)F)Cn1nc(CN2CCCC2)n(-c2ccccc2)c1=S. The van der Waals surface area contributed by atoms with Crippen LogP contribution < -0.4 is 4.74 Å². The van der Waals surface area contributed by atoms with Crippen LogP contribution in [0.25, 0.3) is 5.69 Å². The van der Waals surface area contributed by atoms with Gasteiger partial charge in [0, 0.05) is 17.8 Å². The van der Waals surface area contributed by atoms with Gasteiger partial charge in [0.1, 0.15) is 5.75 Å². The summed E-state index contributed by atoms with van der Waals surface area (Å²) in [4.78, 5) is 4.21. The van der Waals surface area contributed by atoms with Crippen molar-refractivity contribution in [2.75, 3.05) is 20.1 Å². The fourth-order valence-electron chi connectivity index (χ4n) is 4.05. The van der Waals surface area contributed by atoms with Crippen molar-refractivity contribution in [3.63, 3.8) is 0 Å². The summed E-state index contributed by atoms with van der Waals surface area (Å²) in [5, 5.41) is 4.79. The van der Waals surface area contributed by atoms with Crippen LogP contribution in [-0.4, -0.2) is 50.6 Å². The van der Waals surface area contributed by atoms with E-state index in [0.29, 0.717) is 23.5 Å². The fourth-order valence-corrected chi connectivity index (χ4v) is 4.36. The zero-order valence-electron chi connectivity index (χ0n) is 18.3. The van der Waals surface area contributed by atoms with Gasteiger partial charge in [-0.3, -0.25) is 14.4 Å². The summed E-state index contributed by atoms with van der Waals surface area (Å²) in [6.45, 7) is 3.33. The molecule has 6 nitrogen and oxygen atoms in total. The van der Waals surface area contributed by atoms with Gasteiger partial charge in [-0.15, -0.1) is 13.2 Å². The lowest BCUT2D eigenvalue weighted by Gasteiger charge is -2.19. The van der Waals surface area contributed by atoms with Gasteiger partial charge in [0.05, 0.1) is 13.2 Å². The maximum Gasteiger partial charge on any atom is 0.573 e. The van der Waals surface area contributed by atoms with Crippen LogP contribution in [0.4, 0.5) is 13.2 Å². The molecule has 1 fully saturated rings. The molecule has 2 heterocycles. The zero-order chi connectivity index (χ0) is 23.4. The lowest BCUT2D eigenvalue weighted by Crippen LogP contribution is -2.24. The molecule has 0 amide bonds. The van der Waals surface area contributed by atoms with Gasteiger partial charge >= 0.3 is 6.36 Å². The molecule has 0 spiro atoms. The van der Waals surface area contributed by atoms with Crippen molar-refractivity contribution in [2.24, 2.45) is 0 Å². The summed E-state index contributed by atoms with van der Waals surface area (Å²) in [7, 11) is 1.81. The Hall–Kier alpha value is -2.69. The average molecular weight is 478 g/mol. The van der Waals surface area contributed by atoms with Crippen LogP contribution in [0.3, 0.4) is 0 Å². The summed E-state index contributed by atoms with van der Waals surface area (Å²) in [5.74, 6) is 0.646. The third-order valence-corrected chi connectivity index (χ3v) is 5.89. The van der Waals surface area contributed by atoms with E-state index < -0.39 is 6.36 Å². The Morgan fingerprint density at radius 2 is 1.70 bits per heavy atom.